The van der Waals surface area contributed by atoms with E-state index in [4.69, 9.17) is 9.47 Å². The van der Waals surface area contributed by atoms with E-state index in [0.717, 1.165) is 38.5 Å². The lowest BCUT2D eigenvalue weighted by molar-refractivity contribution is -0.302. The van der Waals surface area contributed by atoms with E-state index in [-0.39, 0.29) is 12.5 Å². The number of unbranched alkanes of at least 4 members (excludes halogenated alkanes) is 30. The summed E-state index contributed by atoms with van der Waals surface area (Å²) in [7, 11) is -1.15. The summed E-state index contributed by atoms with van der Waals surface area (Å²) in [6, 6.07) is 2.12. The van der Waals surface area contributed by atoms with Crippen LogP contribution in [0, 0.1) is 0 Å². The molecule has 1 aliphatic rings. The molecule has 364 valence electrons. The van der Waals surface area contributed by atoms with Crippen LogP contribution in [0.15, 0.2) is 0 Å². The Balaban J connectivity index is 2.30. The van der Waals surface area contributed by atoms with E-state index in [1.807, 2.05) is 0 Å². The summed E-state index contributed by atoms with van der Waals surface area (Å²) < 4.78 is 11.3. The zero-order valence-corrected chi connectivity index (χ0v) is 41.6. The summed E-state index contributed by atoms with van der Waals surface area (Å²) in [5, 5.41) is 54.6. The number of carbonyl (C=O) groups is 1. The minimum atomic E-state index is -1.55. The summed E-state index contributed by atoms with van der Waals surface area (Å²) in [5.74, 6) is -0.135. The molecule has 0 aromatic carbocycles. The van der Waals surface area contributed by atoms with Crippen LogP contribution in [0.4, 0.5) is 0 Å². The van der Waals surface area contributed by atoms with Gasteiger partial charge in [0.25, 0.3) is 0 Å². The first kappa shape index (κ1) is 58.4. The van der Waals surface area contributed by atoms with Gasteiger partial charge in [-0.3, -0.25) is 4.79 Å². The van der Waals surface area contributed by atoms with Gasteiger partial charge in [0, 0.05) is 14.5 Å². The first-order valence-corrected chi connectivity index (χ1v) is 29.9. The van der Waals surface area contributed by atoms with E-state index in [9.17, 15) is 30.3 Å². The zero-order chi connectivity index (χ0) is 44.8. The van der Waals surface area contributed by atoms with E-state index in [1.165, 1.54) is 185 Å². The van der Waals surface area contributed by atoms with Crippen LogP contribution in [0.25, 0.3) is 0 Å². The largest absolute Gasteiger partial charge is 0.394 e. The smallest absolute Gasteiger partial charge is 0.220 e. The predicted molar refractivity (Wildman–Crippen MR) is 258 cm³/mol. The van der Waals surface area contributed by atoms with E-state index in [1.54, 1.807) is 0 Å². The Bertz CT molecular complexity index is 973. The van der Waals surface area contributed by atoms with Gasteiger partial charge in [0.15, 0.2) is 6.29 Å². The van der Waals surface area contributed by atoms with Gasteiger partial charge in [-0.25, -0.2) is 0 Å². The van der Waals surface area contributed by atoms with Crippen molar-refractivity contribution in [3.05, 3.63) is 0 Å². The second-order valence-corrected chi connectivity index (χ2v) is 25.3. The lowest BCUT2D eigenvalue weighted by Crippen LogP contribution is -2.60. The van der Waals surface area contributed by atoms with Gasteiger partial charge in [-0.2, -0.15) is 0 Å². The van der Waals surface area contributed by atoms with E-state index >= 15 is 0 Å². The average molecular weight is 886 g/mol. The quantitative estimate of drug-likeness (QED) is 0.0262. The van der Waals surface area contributed by atoms with Crippen molar-refractivity contribution in [3.63, 3.8) is 0 Å². The maximum Gasteiger partial charge on any atom is 0.220 e. The van der Waals surface area contributed by atoms with Gasteiger partial charge in [-0.1, -0.05) is 244 Å². The number of aliphatic hydroxyl groups is 5. The molecule has 1 saturated heterocycles. The number of hydrogen-bond donors (Lipinski definition) is 6. The van der Waals surface area contributed by atoms with Crippen molar-refractivity contribution in [2.24, 2.45) is 0 Å². The summed E-state index contributed by atoms with van der Waals surface area (Å²) >= 11 is 0. The standard InChI is InChI=1S/C51H103NO8Si/c1-5-7-9-11-13-15-17-19-20-22-24-26-28-32-36-40-61(3,4)41-37-33-29-31-35-39-47(55)52-44(43-59-51-50(58)49(57)48(56)46(42-53)60-51)45(54)38-34-30-27-25-23-21-18-16-14-12-10-8-6-2/h44-46,48-51,53-54,56-58H,5-43H2,1-4H3,(H,52,55)/t44-,45+,46?,48?,49?,50?,51?/m0/s1. The Labute approximate surface area is 377 Å². The van der Waals surface area contributed by atoms with Gasteiger partial charge in [-0.05, 0) is 12.8 Å². The maximum absolute atomic E-state index is 13.1. The van der Waals surface area contributed by atoms with Gasteiger partial charge in [-0.15, -0.1) is 0 Å². The lowest BCUT2D eigenvalue weighted by Gasteiger charge is -2.40. The minimum absolute atomic E-state index is 0.132. The molecule has 6 N–H and O–H groups in total. The van der Waals surface area contributed by atoms with E-state index in [0.29, 0.717) is 12.8 Å². The SMILES string of the molecule is CCCCCCCCCCCCCCCCC[Si](C)(C)CCCCCCCC(=O)N[C@@H](COC1OC(CO)C(O)C(O)C1O)[C@H](O)CCCCCCCCCCCCCCC. The molecule has 0 aliphatic carbocycles. The highest BCUT2D eigenvalue weighted by molar-refractivity contribution is 6.77. The van der Waals surface area contributed by atoms with Crippen LogP contribution >= 0.6 is 0 Å². The lowest BCUT2D eigenvalue weighted by atomic mass is 9.99. The van der Waals surface area contributed by atoms with Crippen LogP contribution in [0.1, 0.15) is 239 Å². The Morgan fingerprint density at radius 3 is 1.34 bits per heavy atom. The normalized spacial score (nSPS) is 20.6. The van der Waals surface area contributed by atoms with Gasteiger partial charge in [0.1, 0.15) is 24.4 Å². The number of nitrogens with one attached hydrogen (secondary N) is 1. The van der Waals surface area contributed by atoms with Crippen LogP contribution in [0.2, 0.25) is 25.2 Å². The molecule has 0 aromatic heterocycles. The average Bonchev–Trinajstić information content (AvgIpc) is 3.24. The molecule has 10 heteroatoms. The summed E-state index contributed by atoms with van der Waals surface area (Å²) in [6.07, 6.45) is 35.9. The first-order chi connectivity index (χ1) is 29.6. The van der Waals surface area contributed by atoms with Crippen LogP contribution in [0.5, 0.6) is 0 Å². The van der Waals surface area contributed by atoms with Crippen molar-refractivity contribution in [1.29, 1.82) is 0 Å². The molecule has 5 unspecified atom stereocenters. The van der Waals surface area contributed by atoms with Crippen LogP contribution < -0.4 is 5.32 Å². The third-order valence-corrected chi connectivity index (χ3v) is 16.8. The van der Waals surface area contributed by atoms with Crippen LogP contribution in [-0.4, -0.2) is 95.6 Å². The van der Waals surface area contributed by atoms with Crippen molar-refractivity contribution in [1.82, 2.24) is 5.32 Å². The van der Waals surface area contributed by atoms with Crippen molar-refractivity contribution in [3.8, 4) is 0 Å². The molecule has 7 atom stereocenters. The molecule has 0 spiro atoms. The molecule has 1 heterocycles. The molecule has 1 aliphatic heterocycles. The number of ether oxygens (including phenoxy) is 2. The predicted octanol–water partition coefficient (Wildman–Crippen LogP) is 12.1. The van der Waals surface area contributed by atoms with E-state index in [2.05, 4.69) is 32.3 Å². The Kier molecular flexibility index (Phi) is 38.1. The van der Waals surface area contributed by atoms with Crippen molar-refractivity contribution in [2.45, 2.75) is 307 Å². The topological polar surface area (TPSA) is 149 Å². The molecule has 9 nitrogen and oxygen atoms in total. The van der Waals surface area contributed by atoms with Gasteiger partial charge in [0.05, 0.1) is 25.4 Å². The molecule has 1 amide bonds. The fourth-order valence-electron chi connectivity index (χ4n) is 9.02. The molecule has 1 fully saturated rings. The third kappa shape index (κ3) is 31.8. The summed E-state index contributed by atoms with van der Waals surface area (Å²) in [6.45, 7) is 8.99. The van der Waals surface area contributed by atoms with Gasteiger partial charge >= 0.3 is 0 Å². The second-order valence-electron chi connectivity index (χ2n) is 19.9. The molecule has 0 bridgehead atoms. The highest BCUT2D eigenvalue weighted by atomic mass is 28.3. The molecule has 1 rings (SSSR count). The zero-order valence-electron chi connectivity index (χ0n) is 40.6. The Hall–Kier alpha value is -0.593. The van der Waals surface area contributed by atoms with Gasteiger partial charge < -0.3 is 40.3 Å². The minimum Gasteiger partial charge on any atom is -0.394 e. The third-order valence-electron chi connectivity index (χ3n) is 13.4. The maximum atomic E-state index is 13.1. The van der Waals surface area contributed by atoms with Crippen LogP contribution in [-0.2, 0) is 14.3 Å². The monoisotopic (exact) mass is 886 g/mol. The second kappa shape index (κ2) is 39.7. The van der Waals surface area contributed by atoms with Crippen LogP contribution in [0.3, 0.4) is 0 Å². The number of hydrogen-bond acceptors (Lipinski definition) is 8. The molecular formula is C51H103NO8Si. The summed E-state index contributed by atoms with van der Waals surface area (Å²) in [5.41, 5.74) is 0. The number of aliphatic hydroxyl groups excluding tert-OH is 5. The first-order valence-electron chi connectivity index (χ1n) is 26.5. The fourth-order valence-corrected chi connectivity index (χ4v) is 11.7. The van der Waals surface area contributed by atoms with Gasteiger partial charge in [0.2, 0.25) is 5.91 Å². The summed E-state index contributed by atoms with van der Waals surface area (Å²) in [4.78, 5) is 13.1. The highest BCUT2D eigenvalue weighted by Crippen LogP contribution is 2.25. The molecular weight excluding hydrogens is 783 g/mol. The van der Waals surface area contributed by atoms with Crippen molar-refractivity contribution >= 4 is 14.0 Å². The number of rotatable bonds is 44. The fraction of sp³-hybridized carbons (Fsp3) is 0.980. The Morgan fingerprint density at radius 2 is 0.934 bits per heavy atom. The molecule has 0 aromatic rings. The number of carbonyl (C=O) groups excluding carboxylic acids is 1. The Morgan fingerprint density at radius 1 is 0.557 bits per heavy atom. The highest BCUT2D eigenvalue weighted by Gasteiger charge is 2.44. The molecule has 61 heavy (non-hydrogen) atoms. The van der Waals surface area contributed by atoms with E-state index < -0.39 is 57.5 Å². The molecule has 0 saturated carbocycles. The number of amides is 1. The van der Waals surface area contributed by atoms with Crippen molar-refractivity contribution in [2.75, 3.05) is 13.2 Å². The van der Waals surface area contributed by atoms with Crippen molar-refractivity contribution < 1.29 is 39.8 Å². The molecule has 0 radical (unpaired) electrons.